The summed E-state index contributed by atoms with van der Waals surface area (Å²) < 4.78 is 5.46. The normalized spacial score (nSPS) is 13.2. The van der Waals surface area contributed by atoms with Crippen LogP contribution in [0.25, 0.3) is 0 Å². The van der Waals surface area contributed by atoms with Gasteiger partial charge in [-0.3, -0.25) is 9.59 Å². The topological polar surface area (TPSA) is 58.6 Å². The molecule has 1 aliphatic heterocycles. The molecule has 5 heteroatoms. The van der Waals surface area contributed by atoms with Crippen LogP contribution >= 0.6 is 0 Å². The first kappa shape index (κ1) is 16.1. The Bertz CT molecular complexity index is 744. The van der Waals surface area contributed by atoms with Gasteiger partial charge in [0, 0.05) is 12.2 Å². The Kier molecular flexibility index (Phi) is 4.79. The molecule has 2 aromatic rings. The smallest absolute Gasteiger partial charge is 0.265 e. The van der Waals surface area contributed by atoms with Gasteiger partial charge in [-0.15, -0.1) is 0 Å². The number of hydrogen-bond donors (Lipinski definition) is 1. The molecule has 1 heterocycles. The second kappa shape index (κ2) is 7.17. The summed E-state index contributed by atoms with van der Waals surface area (Å²) in [6.07, 6.45) is 1.17. The first-order valence-electron chi connectivity index (χ1n) is 8.08. The van der Waals surface area contributed by atoms with E-state index in [-0.39, 0.29) is 18.4 Å². The fourth-order valence-corrected chi connectivity index (χ4v) is 2.74. The minimum atomic E-state index is -0.0914. The Morgan fingerprint density at radius 2 is 2.00 bits per heavy atom. The van der Waals surface area contributed by atoms with Crippen LogP contribution in [0.4, 0.5) is 11.4 Å². The standard InChI is InChI=1S/C19H20N2O3/c1-2-10-21-16-12-15(8-9-17(16)24-13-19(21)23)20-18(22)11-14-6-4-3-5-7-14/h3-9,12H,2,10-11,13H2,1H3,(H,20,22). The van der Waals surface area contributed by atoms with Crippen LogP contribution < -0.4 is 15.0 Å². The van der Waals surface area contributed by atoms with Crippen LogP contribution in [0.3, 0.4) is 0 Å². The SMILES string of the molecule is CCCN1C(=O)COc2ccc(NC(=O)Cc3ccccc3)cc21. The molecule has 1 N–H and O–H groups in total. The van der Waals surface area contributed by atoms with Crippen molar-refractivity contribution in [3.63, 3.8) is 0 Å². The Morgan fingerprint density at radius 1 is 1.21 bits per heavy atom. The molecule has 0 aliphatic carbocycles. The molecule has 0 spiro atoms. The number of amides is 2. The molecule has 2 aromatic carbocycles. The zero-order valence-electron chi connectivity index (χ0n) is 13.6. The number of ether oxygens (including phenoxy) is 1. The first-order chi connectivity index (χ1) is 11.7. The second-order valence-corrected chi connectivity index (χ2v) is 5.73. The molecule has 0 saturated heterocycles. The summed E-state index contributed by atoms with van der Waals surface area (Å²) in [6.45, 7) is 2.72. The van der Waals surface area contributed by atoms with Gasteiger partial charge in [0.05, 0.1) is 12.1 Å². The van der Waals surface area contributed by atoms with Crippen molar-refractivity contribution in [2.24, 2.45) is 0 Å². The molecule has 0 radical (unpaired) electrons. The first-order valence-corrected chi connectivity index (χ1v) is 8.08. The molecular formula is C19H20N2O3. The maximum absolute atomic E-state index is 12.2. The third kappa shape index (κ3) is 3.56. The second-order valence-electron chi connectivity index (χ2n) is 5.73. The van der Waals surface area contributed by atoms with E-state index in [9.17, 15) is 9.59 Å². The molecular weight excluding hydrogens is 304 g/mol. The van der Waals surface area contributed by atoms with Crippen LogP contribution in [0.2, 0.25) is 0 Å². The summed E-state index contributed by atoms with van der Waals surface area (Å²) in [4.78, 5) is 25.9. The summed E-state index contributed by atoms with van der Waals surface area (Å²) in [5.41, 5.74) is 2.33. The predicted octanol–water partition coefficient (Wildman–Crippen LogP) is 3.00. The molecule has 1 aliphatic rings. The molecule has 0 aromatic heterocycles. The van der Waals surface area contributed by atoms with E-state index in [2.05, 4.69) is 5.32 Å². The van der Waals surface area contributed by atoms with Crippen molar-refractivity contribution in [1.82, 2.24) is 0 Å². The number of nitrogens with zero attached hydrogens (tertiary/aromatic N) is 1. The minimum absolute atomic E-state index is 0.0582. The molecule has 0 atom stereocenters. The molecule has 0 saturated carbocycles. The lowest BCUT2D eigenvalue weighted by Crippen LogP contribution is -2.39. The number of nitrogens with one attached hydrogen (secondary N) is 1. The highest BCUT2D eigenvalue weighted by Crippen LogP contribution is 2.34. The van der Waals surface area contributed by atoms with E-state index >= 15 is 0 Å². The van der Waals surface area contributed by atoms with E-state index in [0.29, 0.717) is 30.1 Å². The van der Waals surface area contributed by atoms with Gasteiger partial charge < -0.3 is 15.0 Å². The van der Waals surface area contributed by atoms with Crippen molar-refractivity contribution in [2.45, 2.75) is 19.8 Å². The molecule has 24 heavy (non-hydrogen) atoms. The van der Waals surface area contributed by atoms with Crippen molar-refractivity contribution < 1.29 is 14.3 Å². The third-order valence-electron chi connectivity index (χ3n) is 3.84. The van der Waals surface area contributed by atoms with Gasteiger partial charge in [0.25, 0.3) is 5.91 Å². The van der Waals surface area contributed by atoms with Gasteiger partial charge in [-0.25, -0.2) is 0 Å². The number of fused-ring (bicyclic) bond motifs is 1. The van der Waals surface area contributed by atoms with E-state index in [1.807, 2.05) is 37.3 Å². The van der Waals surface area contributed by atoms with Crippen LogP contribution in [0, 0.1) is 0 Å². The summed E-state index contributed by atoms with van der Waals surface area (Å²) in [5, 5.41) is 2.89. The number of benzene rings is 2. The molecule has 2 amide bonds. The average Bonchev–Trinajstić information content (AvgIpc) is 2.58. The van der Waals surface area contributed by atoms with Crippen LogP contribution in [-0.2, 0) is 16.0 Å². The van der Waals surface area contributed by atoms with Crippen molar-refractivity contribution in [3.05, 3.63) is 54.1 Å². The third-order valence-corrected chi connectivity index (χ3v) is 3.84. The monoisotopic (exact) mass is 324 g/mol. The lowest BCUT2D eigenvalue weighted by molar-refractivity contribution is -0.121. The van der Waals surface area contributed by atoms with Crippen molar-refractivity contribution in [2.75, 3.05) is 23.4 Å². The summed E-state index contributed by atoms with van der Waals surface area (Å²) in [6, 6.07) is 15.0. The van der Waals surface area contributed by atoms with E-state index in [1.165, 1.54) is 0 Å². The Labute approximate surface area is 141 Å². The average molecular weight is 324 g/mol. The lowest BCUT2D eigenvalue weighted by Gasteiger charge is -2.29. The zero-order valence-corrected chi connectivity index (χ0v) is 13.6. The van der Waals surface area contributed by atoms with Crippen LogP contribution in [0.1, 0.15) is 18.9 Å². The molecule has 0 fully saturated rings. The Hall–Kier alpha value is -2.82. The molecule has 0 unspecified atom stereocenters. The highest BCUT2D eigenvalue weighted by atomic mass is 16.5. The van der Waals surface area contributed by atoms with Crippen molar-refractivity contribution >= 4 is 23.2 Å². The van der Waals surface area contributed by atoms with Crippen LogP contribution in [0.15, 0.2) is 48.5 Å². The largest absolute Gasteiger partial charge is 0.482 e. The summed E-state index contributed by atoms with van der Waals surface area (Å²) in [7, 11) is 0. The van der Waals surface area contributed by atoms with E-state index in [0.717, 1.165) is 12.0 Å². The number of carbonyl (C=O) groups is 2. The summed E-state index contributed by atoms with van der Waals surface area (Å²) in [5.74, 6) is 0.521. The Balaban J connectivity index is 1.75. The highest BCUT2D eigenvalue weighted by molar-refractivity contribution is 5.99. The minimum Gasteiger partial charge on any atom is -0.482 e. The van der Waals surface area contributed by atoms with Crippen molar-refractivity contribution in [1.29, 1.82) is 0 Å². The molecule has 3 rings (SSSR count). The van der Waals surface area contributed by atoms with Gasteiger partial charge in [0.1, 0.15) is 5.75 Å². The predicted molar refractivity (Wildman–Crippen MR) is 93.4 cm³/mol. The van der Waals surface area contributed by atoms with Gasteiger partial charge >= 0.3 is 0 Å². The summed E-state index contributed by atoms with van der Waals surface area (Å²) >= 11 is 0. The Morgan fingerprint density at radius 3 is 2.75 bits per heavy atom. The number of hydrogen-bond acceptors (Lipinski definition) is 3. The van der Waals surface area contributed by atoms with Gasteiger partial charge in [-0.05, 0) is 30.2 Å². The maximum atomic E-state index is 12.2. The van der Waals surface area contributed by atoms with E-state index in [1.54, 1.807) is 23.1 Å². The van der Waals surface area contributed by atoms with Crippen molar-refractivity contribution in [3.8, 4) is 5.75 Å². The maximum Gasteiger partial charge on any atom is 0.265 e. The fraction of sp³-hybridized carbons (Fsp3) is 0.263. The van der Waals surface area contributed by atoms with E-state index < -0.39 is 0 Å². The zero-order chi connectivity index (χ0) is 16.9. The number of carbonyl (C=O) groups excluding carboxylic acids is 2. The fourth-order valence-electron chi connectivity index (χ4n) is 2.74. The van der Waals surface area contributed by atoms with Crippen LogP contribution in [0.5, 0.6) is 5.75 Å². The lowest BCUT2D eigenvalue weighted by atomic mass is 10.1. The van der Waals surface area contributed by atoms with Gasteiger partial charge in [-0.1, -0.05) is 37.3 Å². The quantitative estimate of drug-likeness (QED) is 0.920. The van der Waals surface area contributed by atoms with Gasteiger partial charge in [0.2, 0.25) is 5.91 Å². The van der Waals surface area contributed by atoms with Gasteiger partial charge in [0.15, 0.2) is 6.61 Å². The molecule has 124 valence electrons. The van der Waals surface area contributed by atoms with Gasteiger partial charge in [-0.2, -0.15) is 0 Å². The molecule has 0 bridgehead atoms. The highest BCUT2D eigenvalue weighted by Gasteiger charge is 2.25. The molecule has 5 nitrogen and oxygen atoms in total. The number of anilines is 2. The van der Waals surface area contributed by atoms with Crippen LogP contribution in [-0.4, -0.2) is 25.0 Å². The number of rotatable bonds is 5. The van der Waals surface area contributed by atoms with E-state index in [4.69, 9.17) is 4.74 Å².